The van der Waals surface area contributed by atoms with Gasteiger partial charge in [-0.3, -0.25) is 0 Å². The van der Waals surface area contributed by atoms with Gasteiger partial charge in [-0.1, -0.05) is 24.6 Å². The van der Waals surface area contributed by atoms with Gasteiger partial charge in [0.2, 0.25) is 0 Å². The molecule has 0 atom stereocenters. The largest absolute Gasteiger partial charge is 0.496 e. The molecule has 5 rings (SSSR count). The molecule has 2 fully saturated rings. The Labute approximate surface area is 202 Å². The third-order valence-corrected chi connectivity index (χ3v) is 7.59. The highest BCUT2D eigenvalue weighted by Crippen LogP contribution is 2.40. The molecule has 2 aromatic carbocycles. The van der Waals surface area contributed by atoms with Gasteiger partial charge in [0.05, 0.1) is 19.2 Å². The number of methoxy groups -OCH3 is 2. The predicted octanol–water partition coefficient (Wildman–Crippen LogP) is 5.37. The van der Waals surface area contributed by atoms with E-state index < -0.39 is 0 Å². The van der Waals surface area contributed by atoms with Crippen molar-refractivity contribution >= 4 is 22.4 Å². The quantitative estimate of drug-likeness (QED) is 0.450. The molecule has 0 radical (unpaired) electrons. The number of nitrogens with zero attached hydrogens (tertiary/aromatic N) is 4. The van der Waals surface area contributed by atoms with Gasteiger partial charge in [0.1, 0.15) is 17.4 Å². The van der Waals surface area contributed by atoms with Crippen LogP contribution in [0.4, 0.5) is 11.5 Å². The van der Waals surface area contributed by atoms with Crippen LogP contribution in [0.5, 0.6) is 5.75 Å². The molecule has 1 aromatic heterocycles. The van der Waals surface area contributed by atoms with Crippen LogP contribution in [0.2, 0.25) is 0 Å². The van der Waals surface area contributed by atoms with E-state index >= 15 is 0 Å². The fourth-order valence-corrected chi connectivity index (χ4v) is 5.21. The lowest BCUT2D eigenvalue weighted by Gasteiger charge is -2.35. The number of aromatic nitrogens is 2. The van der Waals surface area contributed by atoms with Crippen LogP contribution in [-0.4, -0.2) is 57.5 Å². The van der Waals surface area contributed by atoms with Gasteiger partial charge in [-0.05, 0) is 61.4 Å². The smallest absolute Gasteiger partial charge is 0.140 e. The highest BCUT2D eigenvalue weighted by molar-refractivity contribution is 5.92. The summed E-state index contributed by atoms with van der Waals surface area (Å²) < 4.78 is 10.9. The molecule has 180 valence electrons. The van der Waals surface area contributed by atoms with Gasteiger partial charge in [-0.2, -0.15) is 0 Å². The number of piperidine rings is 1. The van der Waals surface area contributed by atoms with Crippen molar-refractivity contribution in [3.8, 4) is 5.75 Å². The second kappa shape index (κ2) is 10.2. The van der Waals surface area contributed by atoms with Crippen molar-refractivity contribution in [3.05, 3.63) is 53.9 Å². The normalized spacial score (nSPS) is 17.1. The number of likely N-dealkylation sites (N-methyl/N-ethyl adjacent to an activating group) is 1. The van der Waals surface area contributed by atoms with Crippen molar-refractivity contribution < 1.29 is 9.47 Å². The molecule has 34 heavy (non-hydrogen) atoms. The topological polar surface area (TPSA) is 50.7 Å². The second-order valence-electron chi connectivity index (χ2n) is 9.65. The molecule has 0 bridgehead atoms. The van der Waals surface area contributed by atoms with E-state index in [9.17, 15) is 0 Å². The van der Waals surface area contributed by atoms with Gasteiger partial charge < -0.3 is 19.3 Å². The molecule has 0 spiro atoms. The van der Waals surface area contributed by atoms with E-state index in [0.717, 1.165) is 60.8 Å². The van der Waals surface area contributed by atoms with E-state index in [4.69, 9.17) is 19.4 Å². The lowest BCUT2D eigenvalue weighted by atomic mass is 9.84. The molecule has 1 aliphatic heterocycles. The van der Waals surface area contributed by atoms with Crippen molar-refractivity contribution in [3.63, 3.8) is 0 Å². The zero-order valence-electron chi connectivity index (χ0n) is 20.7. The fourth-order valence-electron chi connectivity index (χ4n) is 5.21. The van der Waals surface area contributed by atoms with Crippen LogP contribution in [-0.2, 0) is 4.74 Å². The summed E-state index contributed by atoms with van der Waals surface area (Å²) >= 11 is 0. The number of benzene rings is 2. The maximum atomic E-state index is 5.64. The van der Waals surface area contributed by atoms with E-state index in [1.165, 1.54) is 30.5 Å². The summed E-state index contributed by atoms with van der Waals surface area (Å²) in [6.07, 6.45) is 5.89. The first kappa shape index (κ1) is 22.9. The summed E-state index contributed by atoms with van der Waals surface area (Å²) in [7, 11) is 5.63. The summed E-state index contributed by atoms with van der Waals surface area (Å²) in [5, 5.41) is 1.15. The van der Waals surface area contributed by atoms with Crippen LogP contribution in [0.3, 0.4) is 0 Å². The minimum Gasteiger partial charge on any atom is -0.496 e. The zero-order valence-corrected chi connectivity index (χ0v) is 20.7. The van der Waals surface area contributed by atoms with E-state index in [2.05, 4.69) is 53.2 Å². The molecule has 0 N–H and O–H groups in total. The number of anilines is 2. The molecular formula is C28H36N4O2. The lowest BCUT2D eigenvalue weighted by Crippen LogP contribution is -2.34. The first-order chi connectivity index (χ1) is 16.7. The molecule has 0 amide bonds. The summed E-state index contributed by atoms with van der Waals surface area (Å²) in [5.41, 5.74) is 3.56. The van der Waals surface area contributed by atoms with Crippen LogP contribution in [0.1, 0.15) is 55.3 Å². The monoisotopic (exact) mass is 460 g/mol. The molecule has 3 aromatic rings. The molecular weight excluding hydrogens is 424 g/mol. The SMILES string of the molecule is COCCN(C)c1ccc2nc(C3CCC3)nc(N3CCC(c4ccccc4OC)CC3)c2c1. The van der Waals surface area contributed by atoms with Gasteiger partial charge in [-0.15, -0.1) is 0 Å². The summed E-state index contributed by atoms with van der Waals surface area (Å²) in [5.74, 6) is 4.17. The lowest BCUT2D eigenvalue weighted by molar-refractivity contribution is 0.206. The Hall–Kier alpha value is -2.86. The number of rotatable bonds is 8. The number of hydrogen-bond donors (Lipinski definition) is 0. The third kappa shape index (κ3) is 4.56. The van der Waals surface area contributed by atoms with Gasteiger partial charge >= 0.3 is 0 Å². The van der Waals surface area contributed by atoms with E-state index in [0.29, 0.717) is 18.4 Å². The molecule has 6 heteroatoms. The van der Waals surface area contributed by atoms with Crippen molar-refractivity contribution in [2.24, 2.45) is 0 Å². The minimum absolute atomic E-state index is 0.512. The summed E-state index contributed by atoms with van der Waals surface area (Å²) in [4.78, 5) is 14.9. The number of para-hydroxylation sites is 1. The average molecular weight is 461 g/mol. The predicted molar refractivity (Wildman–Crippen MR) is 138 cm³/mol. The van der Waals surface area contributed by atoms with Crippen molar-refractivity contribution in [2.45, 2.75) is 43.9 Å². The van der Waals surface area contributed by atoms with Gasteiger partial charge in [0.15, 0.2) is 0 Å². The maximum absolute atomic E-state index is 5.64. The van der Waals surface area contributed by atoms with Crippen LogP contribution in [0.25, 0.3) is 10.9 Å². The van der Waals surface area contributed by atoms with Gasteiger partial charge in [0.25, 0.3) is 0 Å². The zero-order chi connectivity index (χ0) is 23.5. The second-order valence-corrected chi connectivity index (χ2v) is 9.65. The van der Waals surface area contributed by atoms with Crippen molar-refractivity contribution in [1.82, 2.24) is 9.97 Å². The van der Waals surface area contributed by atoms with E-state index in [1.54, 1.807) is 14.2 Å². The van der Waals surface area contributed by atoms with Crippen LogP contribution in [0.15, 0.2) is 42.5 Å². The summed E-state index contributed by atoms with van der Waals surface area (Å²) in [6.45, 7) is 3.53. The van der Waals surface area contributed by atoms with Crippen molar-refractivity contribution in [2.75, 3.05) is 57.3 Å². The van der Waals surface area contributed by atoms with Gasteiger partial charge in [0, 0.05) is 50.8 Å². The highest BCUT2D eigenvalue weighted by atomic mass is 16.5. The van der Waals surface area contributed by atoms with Crippen LogP contribution in [0, 0.1) is 0 Å². The Morgan fingerprint density at radius 3 is 2.47 bits per heavy atom. The maximum Gasteiger partial charge on any atom is 0.140 e. The molecule has 6 nitrogen and oxygen atoms in total. The third-order valence-electron chi connectivity index (χ3n) is 7.59. The Kier molecular flexibility index (Phi) is 6.86. The average Bonchev–Trinajstić information content (AvgIpc) is 2.85. The Bertz CT molecular complexity index is 1120. The number of fused-ring (bicyclic) bond motifs is 1. The first-order valence-corrected chi connectivity index (χ1v) is 12.6. The van der Waals surface area contributed by atoms with Crippen molar-refractivity contribution in [1.29, 1.82) is 0 Å². The molecule has 2 aliphatic rings. The Morgan fingerprint density at radius 2 is 1.76 bits per heavy atom. The molecule has 1 aliphatic carbocycles. The molecule has 1 saturated carbocycles. The van der Waals surface area contributed by atoms with E-state index in [1.807, 2.05) is 6.07 Å². The highest BCUT2D eigenvalue weighted by Gasteiger charge is 2.28. The fraction of sp³-hybridized carbons (Fsp3) is 0.500. The van der Waals surface area contributed by atoms with Crippen LogP contribution >= 0.6 is 0 Å². The van der Waals surface area contributed by atoms with Gasteiger partial charge in [-0.25, -0.2) is 9.97 Å². The molecule has 2 heterocycles. The number of hydrogen-bond acceptors (Lipinski definition) is 6. The number of ether oxygens (including phenoxy) is 2. The van der Waals surface area contributed by atoms with E-state index in [-0.39, 0.29) is 0 Å². The first-order valence-electron chi connectivity index (χ1n) is 12.6. The molecule has 0 unspecified atom stereocenters. The standard InChI is InChI=1S/C28H36N4O2/c1-31(17-18-33-2)22-11-12-25-24(19-22)28(30-27(29-25)21-7-6-8-21)32-15-13-20(14-16-32)23-9-4-5-10-26(23)34-3/h4-5,9-12,19-21H,6-8,13-18H2,1-3H3. The Balaban J connectivity index is 1.44. The Morgan fingerprint density at radius 1 is 0.971 bits per heavy atom. The van der Waals surface area contributed by atoms with Crippen LogP contribution < -0.4 is 14.5 Å². The molecule has 1 saturated heterocycles. The minimum atomic E-state index is 0.512. The summed E-state index contributed by atoms with van der Waals surface area (Å²) in [6, 6.07) is 15.1.